The predicted molar refractivity (Wildman–Crippen MR) is 79.4 cm³/mol. The summed E-state index contributed by atoms with van der Waals surface area (Å²) in [6, 6.07) is -0.328. The van der Waals surface area contributed by atoms with Crippen molar-refractivity contribution in [1.82, 2.24) is 4.90 Å². The average molecular weight is 283 g/mol. The number of hydrogen-bond acceptors (Lipinski definition) is 3. The van der Waals surface area contributed by atoms with Gasteiger partial charge in [-0.15, -0.1) is 0 Å². The zero-order valence-electron chi connectivity index (χ0n) is 13.0. The molecule has 0 aromatic heterocycles. The molecule has 0 N–H and O–H groups in total. The van der Waals surface area contributed by atoms with E-state index in [1.165, 1.54) is 0 Å². The second-order valence-electron chi connectivity index (χ2n) is 5.58. The minimum atomic E-state index is -0.328. The summed E-state index contributed by atoms with van der Waals surface area (Å²) < 4.78 is 5.30. The topological polar surface area (TPSA) is 46.6 Å². The zero-order chi connectivity index (χ0) is 14.8. The zero-order valence-corrected chi connectivity index (χ0v) is 13.0. The molecule has 1 aliphatic rings. The van der Waals surface area contributed by atoms with Crippen LogP contribution in [0.25, 0.3) is 0 Å². The van der Waals surface area contributed by atoms with Crippen LogP contribution in [0.1, 0.15) is 71.6 Å². The summed E-state index contributed by atoms with van der Waals surface area (Å²) in [5.41, 5.74) is 0. The van der Waals surface area contributed by atoms with Crippen LogP contribution >= 0.6 is 0 Å². The minimum absolute atomic E-state index is 0.117. The number of unbranched alkanes of at least 4 members (excludes halogenated alkanes) is 4. The lowest BCUT2D eigenvalue weighted by Crippen LogP contribution is -2.41. The molecule has 116 valence electrons. The van der Waals surface area contributed by atoms with E-state index in [-0.39, 0.29) is 17.9 Å². The minimum Gasteiger partial charge on any atom is -0.464 e. The fourth-order valence-electron chi connectivity index (χ4n) is 2.60. The summed E-state index contributed by atoms with van der Waals surface area (Å²) in [4.78, 5) is 25.9. The van der Waals surface area contributed by atoms with Crippen LogP contribution in [-0.2, 0) is 14.3 Å². The van der Waals surface area contributed by atoms with Crippen molar-refractivity contribution in [2.24, 2.45) is 0 Å². The molecule has 0 aliphatic carbocycles. The molecule has 1 fully saturated rings. The molecule has 1 atom stereocenters. The highest BCUT2D eigenvalue weighted by Crippen LogP contribution is 2.20. The van der Waals surface area contributed by atoms with Crippen molar-refractivity contribution in [1.29, 1.82) is 0 Å². The molecule has 1 unspecified atom stereocenters. The Labute approximate surface area is 122 Å². The maximum absolute atomic E-state index is 12.1. The highest BCUT2D eigenvalue weighted by Gasteiger charge is 2.34. The van der Waals surface area contributed by atoms with Gasteiger partial charge in [-0.05, 0) is 25.7 Å². The van der Waals surface area contributed by atoms with E-state index in [9.17, 15) is 9.59 Å². The van der Waals surface area contributed by atoms with Crippen LogP contribution in [0.4, 0.5) is 0 Å². The lowest BCUT2D eigenvalue weighted by molar-refractivity contribution is -0.153. The SMILES string of the molecule is CCCCCOC(=O)C1CCCN1C(=O)CCCCC. The second kappa shape index (κ2) is 9.78. The van der Waals surface area contributed by atoms with Gasteiger partial charge in [0.25, 0.3) is 0 Å². The third-order valence-electron chi connectivity index (χ3n) is 3.83. The second-order valence-corrected chi connectivity index (χ2v) is 5.58. The van der Waals surface area contributed by atoms with Crippen LogP contribution in [0.3, 0.4) is 0 Å². The molecule has 1 heterocycles. The Hall–Kier alpha value is -1.06. The highest BCUT2D eigenvalue weighted by molar-refractivity contribution is 5.85. The van der Waals surface area contributed by atoms with E-state index in [2.05, 4.69) is 13.8 Å². The molecule has 0 bridgehead atoms. The maximum Gasteiger partial charge on any atom is 0.328 e. The van der Waals surface area contributed by atoms with Gasteiger partial charge in [0, 0.05) is 13.0 Å². The van der Waals surface area contributed by atoms with Crippen molar-refractivity contribution in [2.75, 3.05) is 13.2 Å². The van der Waals surface area contributed by atoms with Gasteiger partial charge in [-0.3, -0.25) is 4.79 Å². The van der Waals surface area contributed by atoms with E-state index >= 15 is 0 Å². The Kier molecular flexibility index (Phi) is 8.31. The van der Waals surface area contributed by atoms with E-state index in [0.717, 1.165) is 51.4 Å². The summed E-state index contributed by atoms with van der Waals surface area (Å²) in [7, 11) is 0. The molecule has 0 aromatic carbocycles. The standard InChI is InChI=1S/C16H29NO3/c1-3-5-7-11-15(18)17-12-9-10-14(17)16(19)20-13-8-6-4-2/h14H,3-13H2,1-2H3. The van der Waals surface area contributed by atoms with Crippen molar-refractivity contribution in [2.45, 2.75) is 77.7 Å². The normalized spacial score (nSPS) is 18.3. The first-order valence-electron chi connectivity index (χ1n) is 8.16. The van der Waals surface area contributed by atoms with Crippen molar-refractivity contribution in [3.8, 4) is 0 Å². The largest absolute Gasteiger partial charge is 0.464 e. The van der Waals surface area contributed by atoms with Crippen molar-refractivity contribution in [3.63, 3.8) is 0 Å². The number of hydrogen-bond donors (Lipinski definition) is 0. The van der Waals surface area contributed by atoms with Gasteiger partial charge in [-0.25, -0.2) is 4.79 Å². The van der Waals surface area contributed by atoms with Crippen LogP contribution < -0.4 is 0 Å². The quantitative estimate of drug-likeness (QED) is 0.482. The van der Waals surface area contributed by atoms with Crippen molar-refractivity contribution < 1.29 is 14.3 Å². The molecule has 1 aliphatic heterocycles. The fourth-order valence-corrected chi connectivity index (χ4v) is 2.60. The molecular formula is C16H29NO3. The number of ether oxygens (including phenoxy) is 1. The first kappa shape index (κ1) is 17.0. The number of amides is 1. The Morgan fingerprint density at radius 2 is 1.80 bits per heavy atom. The average Bonchev–Trinajstić information content (AvgIpc) is 2.93. The maximum atomic E-state index is 12.1. The van der Waals surface area contributed by atoms with E-state index in [0.29, 0.717) is 19.6 Å². The number of carbonyl (C=O) groups excluding carboxylic acids is 2. The highest BCUT2D eigenvalue weighted by atomic mass is 16.5. The van der Waals surface area contributed by atoms with Gasteiger partial charge < -0.3 is 9.64 Å². The number of likely N-dealkylation sites (tertiary alicyclic amines) is 1. The third kappa shape index (κ3) is 5.51. The number of esters is 1. The van der Waals surface area contributed by atoms with Gasteiger partial charge in [0.05, 0.1) is 6.61 Å². The van der Waals surface area contributed by atoms with E-state index in [1.807, 2.05) is 0 Å². The van der Waals surface area contributed by atoms with Gasteiger partial charge in [0.15, 0.2) is 0 Å². The van der Waals surface area contributed by atoms with E-state index in [4.69, 9.17) is 4.74 Å². The van der Waals surface area contributed by atoms with Gasteiger partial charge in [0.2, 0.25) is 5.91 Å². The van der Waals surface area contributed by atoms with Gasteiger partial charge in [-0.1, -0.05) is 39.5 Å². The van der Waals surface area contributed by atoms with Crippen LogP contribution in [0.5, 0.6) is 0 Å². The van der Waals surface area contributed by atoms with Crippen LogP contribution in [0.15, 0.2) is 0 Å². The molecule has 4 heteroatoms. The summed E-state index contributed by atoms with van der Waals surface area (Å²) in [5, 5.41) is 0. The smallest absolute Gasteiger partial charge is 0.328 e. The molecule has 0 aromatic rings. The third-order valence-corrected chi connectivity index (χ3v) is 3.83. The molecule has 0 radical (unpaired) electrons. The number of nitrogens with zero attached hydrogens (tertiary/aromatic N) is 1. The lowest BCUT2D eigenvalue weighted by atomic mass is 10.1. The summed E-state index contributed by atoms with van der Waals surface area (Å²) in [6.45, 7) is 5.44. The molecule has 0 spiro atoms. The summed E-state index contributed by atoms with van der Waals surface area (Å²) in [6.07, 6.45) is 8.44. The van der Waals surface area contributed by atoms with Gasteiger partial charge >= 0.3 is 5.97 Å². The molecule has 1 amide bonds. The van der Waals surface area contributed by atoms with Crippen LogP contribution in [-0.4, -0.2) is 36.0 Å². The monoisotopic (exact) mass is 283 g/mol. The lowest BCUT2D eigenvalue weighted by Gasteiger charge is -2.23. The Morgan fingerprint density at radius 3 is 2.50 bits per heavy atom. The Bertz CT molecular complexity index is 304. The number of carbonyl (C=O) groups is 2. The molecule has 1 saturated heterocycles. The molecule has 0 saturated carbocycles. The van der Waals surface area contributed by atoms with E-state index < -0.39 is 0 Å². The van der Waals surface area contributed by atoms with E-state index in [1.54, 1.807) is 4.90 Å². The van der Waals surface area contributed by atoms with Crippen LogP contribution in [0, 0.1) is 0 Å². The molecule has 20 heavy (non-hydrogen) atoms. The van der Waals surface area contributed by atoms with Crippen LogP contribution in [0.2, 0.25) is 0 Å². The Balaban J connectivity index is 2.35. The fraction of sp³-hybridized carbons (Fsp3) is 0.875. The predicted octanol–water partition coefficient (Wildman–Crippen LogP) is 3.29. The van der Waals surface area contributed by atoms with Crippen molar-refractivity contribution in [3.05, 3.63) is 0 Å². The van der Waals surface area contributed by atoms with Crippen molar-refractivity contribution >= 4 is 11.9 Å². The van der Waals surface area contributed by atoms with Gasteiger partial charge in [-0.2, -0.15) is 0 Å². The molecule has 4 nitrogen and oxygen atoms in total. The Morgan fingerprint density at radius 1 is 1.10 bits per heavy atom. The summed E-state index contributed by atoms with van der Waals surface area (Å²) >= 11 is 0. The summed E-state index contributed by atoms with van der Waals surface area (Å²) in [5.74, 6) is -0.0890. The van der Waals surface area contributed by atoms with Gasteiger partial charge in [0.1, 0.15) is 6.04 Å². The molecule has 1 rings (SSSR count). The number of rotatable bonds is 9. The first-order valence-corrected chi connectivity index (χ1v) is 8.16. The first-order chi connectivity index (χ1) is 9.70. The molecular weight excluding hydrogens is 254 g/mol.